The Morgan fingerprint density at radius 2 is 2.06 bits per heavy atom. The standard InChI is InChI=1S/C15H18BrClO/c16-14-9-11(6-7-15(14)17)8-13(10-18)12-4-2-1-3-5-12/h6-9,12,18H,1-5,10H2/b13-8-. The normalized spacial score (nSPS) is 18.1. The van der Waals surface area contributed by atoms with E-state index in [4.69, 9.17) is 11.6 Å². The maximum absolute atomic E-state index is 9.56. The van der Waals surface area contributed by atoms with Gasteiger partial charge < -0.3 is 5.11 Å². The summed E-state index contributed by atoms with van der Waals surface area (Å²) in [5, 5.41) is 10.3. The third-order valence-electron chi connectivity index (χ3n) is 3.61. The highest BCUT2D eigenvalue weighted by Gasteiger charge is 2.17. The van der Waals surface area contributed by atoms with Crippen LogP contribution in [0.3, 0.4) is 0 Å². The summed E-state index contributed by atoms with van der Waals surface area (Å²) in [6, 6.07) is 5.87. The Balaban J connectivity index is 2.19. The van der Waals surface area contributed by atoms with E-state index in [0.29, 0.717) is 5.92 Å². The molecule has 0 aromatic heterocycles. The molecule has 0 heterocycles. The molecule has 0 atom stereocenters. The zero-order chi connectivity index (χ0) is 13.0. The maximum atomic E-state index is 9.56. The van der Waals surface area contributed by atoms with Crippen molar-refractivity contribution in [3.05, 3.63) is 38.8 Å². The van der Waals surface area contributed by atoms with Crippen LogP contribution in [0.5, 0.6) is 0 Å². The SMILES string of the molecule is OC/C(=C/c1ccc(Cl)c(Br)c1)C1CCCCC1. The first-order valence-electron chi connectivity index (χ1n) is 6.47. The number of hydrogen-bond acceptors (Lipinski definition) is 1. The summed E-state index contributed by atoms with van der Waals surface area (Å²) in [7, 11) is 0. The number of benzene rings is 1. The average molecular weight is 330 g/mol. The van der Waals surface area contributed by atoms with E-state index in [1.807, 2.05) is 18.2 Å². The maximum Gasteiger partial charge on any atom is 0.0647 e. The molecule has 1 nitrogen and oxygen atoms in total. The fourth-order valence-corrected chi connectivity index (χ4v) is 3.10. The zero-order valence-electron chi connectivity index (χ0n) is 10.3. The smallest absolute Gasteiger partial charge is 0.0647 e. The zero-order valence-corrected chi connectivity index (χ0v) is 12.7. The number of hydrogen-bond donors (Lipinski definition) is 1. The van der Waals surface area contributed by atoms with E-state index in [0.717, 1.165) is 20.6 Å². The van der Waals surface area contributed by atoms with Gasteiger partial charge in [0, 0.05) is 4.47 Å². The van der Waals surface area contributed by atoms with Crippen LogP contribution in [-0.4, -0.2) is 11.7 Å². The van der Waals surface area contributed by atoms with Gasteiger partial charge in [0.15, 0.2) is 0 Å². The lowest BCUT2D eigenvalue weighted by Crippen LogP contribution is -2.11. The van der Waals surface area contributed by atoms with Crippen molar-refractivity contribution in [1.82, 2.24) is 0 Å². The largest absolute Gasteiger partial charge is 0.392 e. The van der Waals surface area contributed by atoms with E-state index in [1.165, 1.54) is 32.1 Å². The molecular formula is C15H18BrClO. The van der Waals surface area contributed by atoms with Crippen molar-refractivity contribution >= 4 is 33.6 Å². The van der Waals surface area contributed by atoms with E-state index < -0.39 is 0 Å². The lowest BCUT2D eigenvalue weighted by Gasteiger charge is -2.23. The molecule has 0 saturated heterocycles. The van der Waals surface area contributed by atoms with Crippen LogP contribution in [0.25, 0.3) is 6.08 Å². The van der Waals surface area contributed by atoms with Crippen molar-refractivity contribution in [2.24, 2.45) is 5.92 Å². The molecule has 3 heteroatoms. The first kappa shape index (κ1) is 14.1. The van der Waals surface area contributed by atoms with Gasteiger partial charge in [-0.3, -0.25) is 0 Å². The first-order valence-corrected chi connectivity index (χ1v) is 7.64. The predicted molar refractivity (Wildman–Crippen MR) is 80.8 cm³/mol. The first-order chi connectivity index (χ1) is 8.70. The highest BCUT2D eigenvalue weighted by atomic mass is 79.9. The van der Waals surface area contributed by atoms with Gasteiger partial charge >= 0.3 is 0 Å². The molecule has 0 spiro atoms. The molecule has 1 aromatic rings. The second-order valence-corrected chi connectivity index (χ2v) is 6.15. The summed E-state index contributed by atoms with van der Waals surface area (Å²) in [5.41, 5.74) is 2.25. The van der Waals surface area contributed by atoms with Crippen LogP contribution in [0, 0.1) is 5.92 Å². The summed E-state index contributed by atoms with van der Waals surface area (Å²) in [6.45, 7) is 0.158. The molecule has 1 N–H and O–H groups in total. The summed E-state index contributed by atoms with van der Waals surface area (Å²) in [4.78, 5) is 0. The Kier molecular flexibility index (Phi) is 5.28. The molecule has 18 heavy (non-hydrogen) atoms. The third-order valence-corrected chi connectivity index (χ3v) is 4.82. The molecular weight excluding hydrogens is 312 g/mol. The van der Waals surface area contributed by atoms with Crippen molar-refractivity contribution in [3.8, 4) is 0 Å². The molecule has 0 bridgehead atoms. The van der Waals surface area contributed by atoms with Gasteiger partial charge in [-0.1, -0.05) is 43.0 Å². The molecule has 2 rings (SSSR count). The average Bonchev–Trinajstić information content (AvgIpc) is 2.41. The Morgan fingerprint density at radius 3 is 2.67 bits per heavy atom. The molecule has 1 aliphatic rings. The van der Waals surface area contributed by atoms with Crippen LogP contribution in [0.2, 0.25) is 5.02 Å². The quantitative estimate of drug-likeness (QED) is 0.822. The molecule has 1 fully saturated rings. The van der Waals surface area contributed by atoms with Crippen molar-refractivity contribution in [2.75, 3.05) is 6.61 Å². The van der Waals surface area contributed by atoms with Gasteiger partial charge in [0.25, 0.3) is 0 Å². The lowest BCUT2D eigenvalue weighted by atomic mass is 9.83. The lowest BCUT2D eigenvalue weighted by molar-refractivity contribution is 0.295. The summed E-state index contributed by atoms with van der Waals surface area (Å²) >= 11 is 9.41. The predicted octanol–water partition coefficient (Wildman–Crippen LogP) is 5.06. The van der Waals surface area contributed by atoms with Gasteiger partial charge in [-0.25, -0.2) is 0 Å². The van der Waals surface area contributed by atoms with E-state index in [-0.39, 0.29) is 6.61 Å². The van der Waals surface area contributed by atoms with Gasteiger partial charge in [-0.05, 0) is 58.0 Å². The number of rotatable bonds is 3. The second kappa shape index (κ2) is 6.74. The molecule has 0 aliphatic heterocycles. The molecule has 0 amide bonds. The minimum atomic E-state index is 0.158. The Hall–Kier alpha value is -0.310. The summed E-state index contributed by atoms with van der Waals surface area (Å²) < 4.78 is 0.902. The number of halogens is 2. The van der Waals surface area contributed by atoms with Crippen molar-refractivity contribution in [1.29, 1.82) is 0 Å². The topological polar surface area (TPSA) is 20.2 Å². The molecule has 0 unspecified atom stereocenters. The van der Waals surface area contributed by atoms with Crippen molar-refractivity contribution in [2.45, 2.75) is 32.1 Å². The van der Waals surface area contributed by atoms with Crippen LogP contribution < -0.4 is 0 Å². The van der Waals surface area contributed by atoms with E-state index in [1.54, 1.807) is 0 Å². The van der Waals surface area contributed by atoms with Crippen molar-refractivity contribution < 1.29 is 5.11 Å². The molecule has 1 saturated carbocycles. The third kappa shape index (κ3) is 3.59. The minimum Gasteiger partial charge on any atom is -0.392 e. The monoisotopic (exact) mass is 328 g/mol. The molecule has 0 radical (unpaired) electrons. The second-order valence-electron chi connectivity index (χ2n) is 4.89. The van der Waals surface area contributed by atoms with Gasteiger partial charge in [-0.2, -0.15) is 0 Å². The van der Waals surface area contributed by atoms with Crippen LogP contribution in [0.15, 0.2) is 28.2 Å². The van der Waals surface area contributed by atoms with Gasteiger partial charge in [-0.15, -0.1) is 0 Å². The van der Waals surface area contributed by atoms with E-state index in [2.05, 4.69) is 22.0 Å². The van der Waals surface area contributed by atoms with Gasteiger partial charge in [0.1, 0.15) is 0 Å². The van der Waals surface area contributed by atoms with Crippen LogP contribution in [-0.2, 0) is 0 Å². The van der Waals surface area contributed by atoms with Gasteiger partial charge in [0.2, 0.25) is 0 Å². The van der Waals surface area contributed by atoms with E-state index in [9.17, 15) is 5.11 Å². The highest BCUT2D eigenvalue weighted by molar-refractivity contribution is 9.10. The molecule has 98 valence electrons. The Morgan fingerprint density at radius 1 is 1.33 bits per heavy atom. The number of aliphatic hydroxyl groups is 1. The van der Waals surface area contributed by atoms with Crippen LogP contribution in [0.4, 0.5) is 0 Å². The minimum absolute atomic E-state index is 0.158. The highest BCUT2D eigenvalue weighted by Crippen LogP contribution is 2.31. The summed E-state index contributed by atoms with van der Waals surface area (Å²) in [5.74, 6) is 0.554. The van der Waals surface area contributed by atoms with Crippen LogP contribution in [0.1, 0.15) is 37.7 Å². The van der Waals surface area contributed by atoms with E-state index >= 15 is 0 Å². The molecule has 1 aliphatic carbocycles. The van der Waals surface area contributed by atoms with Crippen LogP contribution >= 0.6 is 27.5 Å². The Labute approximate surface area is 122 Å². The fourth-order valence-electron chi connectivity index (χ4n) is 2.58. The number of aliphatic hydroxyl groups excluding tert-OH is 1. The Bertz CT molecular complexity index is 436. The fraction of sp³-hybridized carbons (Fsp3) is 0.467. The van der Waals surface area contributed by atoms with Gasteiger partial charge in [0.05, 0.1) is 11.6 Å². The molecule has 1 aromatic carbocycles. The summed E-state index contributed by atoms with van der Waals surface area (Å²) in [6.07, 6.45) is 8.43. The van der Waals surface area contributed by atoms with Crippen molar-refractivity contribution in [3.63, 3.8) is 0 Å².